The lowest BCUT2D eigenvalue weighted by atomic mass is 9.91. The summed E-state index contributed by atoms with van der Waals surface area (Å²) in [6.07, 6.45) is 0. The molecule has 2 heterocycles. The van der Waals surface area contributed by atoms with Crippen molar-refractivity contribution >= 4 is 75.7 Å². The van der Waals surface area contributed by atoms with Gasteiger partial charge in [0.2, 0.25) is 0 Å². The highest BCUT2D eigenvalue weighted by atomic mass is 15.0. The summed E-state index contributed by atoms with van der Waals surface area (Å²) in [5.41, 5.74) is 13.6. The fourth-order valence-electron chi connectivity index (χ4n) is 10.3. The summed E-state index contributed by atoms with van der Waals surface area (Å²) in [5.74, 6) is 0. The third-order valence-electron chi connectivity index (χ3n) is 13.4. The van der Waals surface area contributed by atoms with Gasteiger partial charge in [-0.2, -0.15) is 0 Å². The van der Waals surface area contributed by atoms with Crippen LogP contribution in [0, 0.1) is 6.92 Å². The van der Waals surface area contributed by atoms with E-state index in [0.29, 0.717) is 0 Å². The molecule has 64 heavy (non-hydrogen) atoms. The maximum atomic E-state index is 5.55. The van der Waals surface area contributed by atoms with E-state index in [2.05, 4.69) is 236 Å². The van der Waals surface area contributed by atoms with E-state index >= 15 is 0 Å². The molecule has 0 aliphatic heterocycles. The predicted molar refractivity (Wildman–Crippen MR) is 273 cm³/mol. The Morgan fingerprint density at radius 1 is 0.297 bits per heavy atom. The lowest BCUT2D eigenvalue weighted by Crippen LogP contribution is -1.99. The number of nitrogens with zero attached hydrogens (tertiary/aromatic N) is 2. The molecular weight excluding hydrogens is 773 g/mol. The highest BCUT2D eigenvalue weighted by molar-refractivity contribution is 6.29. The van der Waals surface area contributed by atoms with Crippen LogP contribution >= 0.6 is 0 Å². The summed E-state index contributed by atoms with van der Waals surface area (Å²) < 4.78 is 2.49. The molecule has 0 N–H and O–H groups in total. The first-order chi connectivity index (χ1) is 31.6. The Kier molecular flexibility index (Phi) is 8.16. The molecule has 13 aromatic rings. The van der Waals surface area contributed by atoms with Crippen molar-refractivity contribution in [2.45, 2.75) is 6.92 Å². The highest BCUT2D eigenvalue weighted by Gasteiger charge is 2.20. The minimum Gasteiger partial charge on any atom is -0.309 e. The van der Waals surface area contributed by atoms with Gasteiger partial charge in [-0.15, -0.1) is 0 Å². The molecule has 0 spiro atoms. The number of hydrogen-bond acceptors (Lipinski definition) is 1. The number of aryl methyl sites for hydroxylation is 1. The summed E-state index contributed by atoms with van der Waals surface area (Å²) in [4.78, 5) is 5.55. The molecule has 11 aromatic carbocycles. The molecular formula is C62H40N2. The van der Waals surface area contributed by atoms with Gasteiger partial charge in [0.15, 0.2) is 0 Å². The molecule has 298 valence electrons. The van der Waals surface area contributed by atoms with Crippen LogP contribution in [-0.2, 0) is 0 Å². The average Bonchev–Trinajstić information content (AvgIpc) is 3.68. The lowest BCUT2D eigenvalue weighted by molar-refractivity contribution is 1.16. The zero-order chi connectivity index (χ0) is 42.3. The molecule has 0 aliphatic rings. The second kappa shape index (κ2) is 14.4. The topological polar surface area (TPSA) is 17.8 Å². The van der Waals surface area contributed by atoms with Crippen LogP contribution in [0.25, 0.3) is 126 Å². The molecule has 0 saturated carbocycles. The molecule has 0 fully saturated rings. The Balaban J connectivity index is 1.17. The first kappa shape index (κ1) is 36.3. The van der Waals surface area contributed by atoms with Crippen molar-refractivity contribution in [1.82, 2.24) is 9.55 Å². The van der Waals surface area contributed by atoms with E-state index in [0.717, 1.165) is 39.2 Å². The number of aromatic nitrogens is 2. The van der Waals surface area contributed by atoms with Crippen LogP contribution in [0.4, 0.5) is 0 Å². The van der Waals surface area contributed by atoms with E-state index in [4.69, 9.17) is 4.98 Å². The maximum Gasteiger partial charge on any atom is 0.0736 e. The van der Waals surface area contributed by atoms with Gasteiger partial charge in [0, 0.05) is 21.9 Å². The van der Waals surface area contributed by atoms with Crippen molar-refractivity contribution < 1.29 is 0 Å². The summed E-state index contributed by atoms with van der Waals surface area (Å²) in [5, 5.41) is 14.7. The van der Waals surface area contributed by atoms with Gasteiger partial charge in [-0.3, -0.25) is 0 Å². The quantitative estimate of drug-likeness (QED) is 0.158. The van der Waals surface area contributed by atoms with Crippen molar-refractivity contribution in [2.75, 3.05) is 0 Å². The summed E-state index contributed by atoms with van der Waals surface area (Å²) in [7, 11) is 0. The lowest BCUT2D eigenvalue weighted by Gasteiger charge is -2.16. The van der Waals surface area contributed by atoms with E-state index < -0.39 is 0 Å². The van der Waals surface area contributed by atoms with Crippen molar-refractivity contribution in [3.63, 3.8) is 0 Å². The zero-order valence-electron chi connectivity index (χ0n) is 35.3. The third kappa shape index (κ3) is 5.77. The molecule has 0 aliphatic carbocycles. The molecule has 0 atom stereocenters. The van der Waals surface area contributed by atoms with Gasteiger partial charge >= 0.3 is 0 Å². The van der Waals surface area contributed by atoms with Gasteiger partial charge < -0.3 is 4.57 Å². The molecule has 0 amide bonds. The third-order valence-corrected chi connectivity index (χ3v) is 13.4. The Morgan fingerprint density at radius 3 is 1.44 bits per heavy atom. The minimum atomic E-state index is 0.938. The van der Waals surface area contributed by atoms with Gasteiger partial charge in [-0.25, -0.2) is 4.98 Å². The van der Waals surface area contributed by atoms with Gasteiger partial charge in [-0.1, -0.05) is 188 Å². The molecule has 0 unspecified atom stereocenters. The SMILES string of the molecule is Cc1ccc(-c2ccc3c4ccccc4c4cc5c6cc(-c7ccccc7)ccc6n(-c6cc(-c7cccc8ccccc78)nc(-c7cccc8ccccc78)c6)c5cc4c3c2)cc1. The number of benzene rings is 11. The molecule has 2 aromatic heterocycles. The fraction of sp³-hybridized carbons (Fsp3) is 0.0161. The Hall–Kier alpha value is -8.33. The van der Waals surface area contributed by atoms with Gasteiger partial charge in [0.05, 0.1) is 28.1 Å². The summed E-state index contributed by atoms with van der Waals surface area (Å²) in [6, 6.07) is 82.5. The molecule has 0 saturated heterocycles. The van der Waals surface area contributed by atoms with Crippen molar-refractivity contribution in [3.8, 4) is 50.5 Å². The average molecular weight is 813 g/mol. The van der Waals surface area contributed by atoms with Crippen molar-refractivity contribution in [2.24, 2.45) is 0 Å². The van der Waals surface area contributed by atoms with Crippen LogP contribution in [0.3, 0.4) is 0 Å². The first-order valence-corrected chi connectivity index (χ1v) is 22.1. The molecule has 0 radical (unpaired) electrons. The van der Waals surface area contributed by atoms with Crippen molar-refractivity contribution in [3.05, 3.63) is 230 Å². The van der Waals surface area contributed by atoms with E-state index in [-0.39, 0.29) is 0 Å². The van der Waals surface area contributed by atoms with Crippen LogP contribution in [0.2, 0.25) is 0 Å². The zero-order valence-corrected chi connectivity index (χ0v) is 35.3. The van der Waals surface area contributed by atoms with Gasteiger partial charge in [-0.05, 0) is 126 Å². The minimum absolute atomic E-state index is 0.938. The number of hydrogen-bond donors (Lipinski definition) is 0. The largest absolute Gasteiger partial charge is 0.309 e. The Bertz CT molecular complexity index is 3900. The smallest absolute Gasteiger partial charge is 0.0736 e. The van der Waals surface area contributed by atoms with E-state index in [1.165, 1.54) is 92.5 Å². The van der Waals surface area contributed by atoms with Crippen LogP contribution < -0.4 is 0 Å². The normalized spacial score (nSPS) is 11.8. The van der Waals surface area contributed by atoms with Crippen LogP contribution in [-0.4, -0.2) is 9.55 Å². The van der Waals surface area contributed by atoms with Crippen LogP contribution in [0.5, 0.6) is 0 Å². The summed E-state index contributed by atoms with van der Waals surface area (Å²) in [6.45, 7) is 2.15. The first-order valence-electron chi connectivity index (χ1n) is 22.1. The van der Waals surface area contributed by atoms with E-state index in [1.807, 2.05) is 0 Å². The van der Waals surface area contributed by atoms with Crippen molar-refractivity contribution in [1.29, 1.82) is 0 Å². The summed E-state index contributed by atoms with van der Waals surface area (Å²) >= 11 is 0. The van der Waals surface area contributed by atoms with E-state index in [1.54, 1.807) is 0 Å². The fourth-order valence-corrected chi connectivity index (χ4v) is 10.3. The second-order valence-corrected chi connectivity index (χ2v) is 17.2. The monoisotopic (exact) mass is 812 g/mol. The van der Waals surface area contributed by atoms with Crippen LogP contribution in [0.1, 0.15) is 5.56 Å². The molecule has 13 rings (SSSR count). The number of pyridine rings is 1. The Labute approximate surface area is 370 Å². The second-order valence-electron chi connectivity index (χ2n) is 17.2. The molecule has 2 nitrogen and oxygen atoms in total. The molecule has 2 heteroatoms. The van der Waals surface area contributed by atoms with E-state index in [9.17, 15) is 0 Å². The number of fused-ring (bicyclic) bond motifs is 11. The molecule has 0 bridgehead atoms. The van der Waals surface area contributed by atoms with Gasteiger partial charge in [0.25, 0.3) is 0 Å². The predicted octanol–water partition coefficient (Wildman–Crippen LogP) is 16.9. The maximum absolute atomic E-state index is 5.55. The van der Waals surface area contributed by atoms with Gasteiger partial charge in [0.1, 0.15) is 0 Å². The highest BCUT2D eigenvalue weighted by Crippen LogP contribution is 2.44. The number of rotatable bonds is 5. The van der Waals surface area contributed by atoms with Crippen LogP contribution in [0.15, 0.2) is 224 Å². The Morgan fingerprint density at radius 2 is 0.766 bits per heavy atom. The standard InChI is InChI=1S/C62H40N2/c1-39-25-27-41(28-26-39)44-29-31-51-49-21-9-10-22-50(49)55-37-58-57-34-45(40-13-3-2-4-14-40)30-32-61(57)64(62(58)38-56(55)54(51)33-44)46-35-59(52-23-11-17-42-15-5-7-19-47(42)52)63-60(36-46)53-24-12-18-43-16-6-8-20-48(43)53/h2-38H,1H3.